The van der Waals surface area contributed by atoms with E-state index < -0.39 is 0 Å². The molecule has 146 valence electrons. The van der Waals surface area contributed by atoms with Crippen molar-refractivity contribution in [1.82, 2.24) is 15.5 Å². The van der Waals surface area contributed by atoms with E-state index in [-0.39, 0.29) is 6.04 Å². The van der Waals surface area contributed by atoms with Gasteiger partial charge in [-0.05, 0) is 30.4 Å². The van der Waals surface area contributed by atoms with Crippen LogP contribution < -0.4 is 10.6 Å². The molecule has 0 radical (unpaired) electrons. The predicted octanol–water partition coefficient (Wildman–Crippen LogP) is 2.92. The standard InChI is InChI=1S/C21H30N4OS/c1-2-22-21(23-11-10-19-9-6-16-27-19)24-17-20(18-7-4-3-5-8-18)25-12-14-26-15-13-25/h3-9,16,20H,2,10-15,17H2,1H3,(H2,22,23,24). The number of hydrogen-bond acceptors (Lipinski definition) is 4. The summed E-state index contributed by atoms with van der Waals surface area (Å²) in [6.45, 7) is 8.09. The molecule has 3 rings (SSSR count). The van der Waals surface area contributed by atoms with Crippen molar-refractivity contribution in [2.75, 3.05) is 45.9 Å². The third-order valence-electron chi connectivity index (χ3n) is 4.68. The van der Waals surface area contributed by atoms with Crippen molar-refractivity contribution in [2.24, 2.45) is 4.99 Å². The first-order valence-corrected chi connectivity index (χ1v) is 10.7. The first kappa shape index (κ1) is 19.9. The van der Waals surface area contributed by atoms with Gasteiger partial charge in [-0.2, -0.15) is 0 Å². The van der Waals surface area contributed by atoms with Crippen LogP contribution in [0.25, 0.3) is 0 Å². The number of thiophene rings is 1. The van der Waals surface area contributed by atoms with Gasteiger partial charge < -0.3 is 15.4 Å². The van der Waals surface area contributed by atoms with Gasteiger partial charge in [0.25, 0.3) is 0 Å². The summed E-state index contributed by atoms with van der Waals surface area (Å²) in [5.41, 5.74) is 1.32. The van der Waals surface area contributed by atoms with Crippen LogP contribution in [0.1, 0.15) is 23.4 Å². The molecule has 1 aromatic heterocycles. The fourth-order valence-corrected chi connectivity index (χ4v) is 3.98. The zero-order valence-corrected chi connectivity index (χ0v) is 16.9. The molecule has 1 saturated heterocycles. The summed E-state index contributed by atoms with van der Waals surface area (Å²) in [4.78, 5) is 8.78. The Morgan fingerprint density at radius 2 is 1.96 bits per heavy atom. The molecule has 0 saturated carbocycles. The monoisotopic (exact) mass is 386 g/mol. The molecule has 1 atom stereocenters. The molecule has 27 heavy (non-hydrogen) atoms. The van der Waals surface area contributed by atoms with Gasteiger partial charge in [-0.25, -0.2) is 0 Å². The average Bonchev–Trinajstić information content (AvgIpc) is 3.23. The van der Waals surface area contributed by atoms with E-state index in [2.05, 4.69) is 70.3 Å². The molecule has 2 heterocycles. The second-order valence-electron chi connectivity index (χ2n) is 6.55. The fraction of sp³-hybridized carbons (Fsp3) is 0.476. The van der Waals surface area contributed by atoms with Gasteiger partial charge in [0.15, 0.2) is 5.96 Å². The van der Waals surface area contributed by atoms with Crippen molar-refractivity contribution in [3.8, 4) is 0 Å². The number of aliphatic imine (C=N–C) groups is 1. The summed E-state index contributed by atoms with van der Waals surface area (Å²) >= 11 is 1.80. The molecule has 5 nitrogen and oxygen atoms in total. The summed E-state index contributed by atoms with van der Waals surface area (Å²) in [6, 6.07) is 15.3. The minimum absolute atomic E-state index is 0.280. The zero-order chi connectivity index (χ0) is 18.7. The highest BCUT2D eigenvalue weighted by atomic mass is 32.1. The summed E-state index contributed by atoms with van der Waals surface area (Å²) in [6.07, 6.45) is 1.02. The van der Waals surface area contributed by atoms with Gasteiger partial charge in [0.1, 0.15) is 0 Å². The third-order valence-corrected chi connectivity index (χ3v) is 5.62. The number of nitrogens with zero attached hydrogens (tertiary/aromatic N) is 2. The van der Waals surface area contributed by atoms with Gasteiger partial charge in [-0.3, -0.25) is 9.89 Å². The van der Waals surface area contributed by atoms with Crippen LogP contribution in [0.2, 0.25) is 0 Å². The molecule has 1 fully saturated rings. The zero-order valence-electron chi connectivity index (χ0n) is 16.1. The topological polar surface area (TPSA) is 48.9 Å². The second kappa shape index (κ2) is 11.1. The number of morpholine rings is 1. The van der Waals surface area contributed by atoms with Crippen LogP contribution in [0.5, 0.6) is 0 Å². The van der Waals surface area contributed by atoms with Crippen molar-refractivity contribution in [3.05, 3.63) is 58.3 Å². The van der Waals surface area contributed by atoms with Crippen molar-refractivity contribution >= 4 is 17.3 Å². The minimum atomic E-state index is 0.280. The lowest BCUT2D eigenvalue weighted by molar-refractivity contribution is 0.0180. The summed E-state index contributed by atoms with van der Waals surface area (Å²) in [5, 5.41) is 8.97. The quantitative estimate of drug-likeness (QED) is 0.541. The number of rotatable bonds is 8. The molecule has 2 aromatic rings. The van der Waals surface area contributed by atoms with Crippen molar-refractivity contribution in [2.45, 2.75) is 19.4 Å². The average molecular weight is 387 g/mol. The van der Waals surface area contributed by atoms with Gasteiger partial charge in [0, 0.05) is 31.1 Å². The number of benzene rings is 1. The SMILES string of the molecule is CCNC(=NCC(c1ccccc1)N1CCOCC1)NCCc1cccs1. The van der Waals surface area contributed by atoms with E-state index in [1.807, 2.05) is 0 Å². The number of ether oxygens (including phenoxy) is 1. The van der Waals surface area contributed by atoms with E-state index in [0.29, 0.717) is 0 Å². The van der Waals surface area contributed by atoms with Gasteiger partial charge in [0.05, 0.1) is 25.8 Å². The molecule has 0 amide bonds. The van der Waals surface area contributed by atoms with E-state index in [4.69, 9.17) is 9.73 Å². The molecule has 6 heteroatoms. The number of guanidine groups is 1. The van der Waals surface area contributed by atoms with Gasteiger partial charge in [-0.1, -0.05) is 36.4 Å². The molecule has 2 N–H and O–H groups in total. The molecule has 0 bridgehead atoms. The Hall–Kier alpha value is -1.89. The summed E-state index contributed by atoms with van der Waals surface area (Å²) < 4.78 is 5.54. The highest BCUT2D eigenvalue weighted by Crippen LogP contribution is 2.22. The first-order chi connectivity index (χ1) is 13.4. The Morgan fingerprint density at radius 1 is 1.15 bits per heavy atom. The van der Waals surface area contributed by atoms with Crippen LogP contribution in [0.15, 0.2) is 52.8 Å². The van der Waals surface area contributed by atoms with Crippen LogP contribution in [-0.4, -0.2) is 56.8 Å². The van der Waals surface area contributed by atoms with Crippen molar-refractivity contribution in [1.29, 1.82) is 0 Å². The Kier molecular flexibility index (Phi) is 8.14. The Balaban J connectivity index is 1.63. The molecule has 0 aliphatic carbocycles. The van der Waals surface area contributed by atoms with Crippen LogP contribution in [0.4, 0.5) is 0 Å². The smallest absolute Gasteiger partial charge is 0.191 e. The highest BCUT2D eigenvalue weighted by molar-refractivity contribution is 7.09. The number of hydrogen-bond donors (Lipinski definition) is 2. The maximum atomic E-state index is 5.54. The van der Waals surface area contributed by atoms with Crippen LogP contribution >= 0.6 is 11.3 Å². The van der Waals surface area contributed by atoms with Crippen molar-refractivity contribution in [3.63, 3.8) is 0 Å². The molecular formula is C21H30N4OS. The van der Waals surface area contributed by atoms with Crippen LogP contribution in [0, 0.1) is 0 Å². The van der Waals surface area contributed by atoms with E-state index in [1.54, 1.807) is 11.3 Å². The Bertz CT molecular complexity index is 669. The van der Waals surface area contributed by atoms with Gasteiger partial charge >= 0.3 is 0 Å². The first-order valence-electron chi connectivity index (χ1n) is 9.78. The van der Waals surface area contributed by atoms with Crippen LogP contribution in [-0.2, 0) is 11.2 Å². The minimum Gasteiger partial charge on any atom is -0.379 e. The lowest BCUT2D eigenvalue weighted by Crippen LogP contribution is -2.42. The largest absolute Gasteiger partial charge is 0.379 e. The lowest BCUT2D eigenvalue weighted by Gasteiger charge is -2.34. The summed E-state index contributed by atoms with van der Waals surface area (Å²) in [5.74, 6) is 0.892. The van der Waals surface area contributed by atoms with Crippen LogP contribution in [0.3, 0.4) is 0 Å². The van der Waals surface area contributed by atoms with E-state index >= 15 is 0 Å². The summed E-state index contributed by atoms with van der Waals surface area (Å²) in [7, 11) is 0. The normalized spacial score (nSPS) is 16.9. The van der Waals surface area contributed by atoms with Gasteiger partial charge in [0.2, 0.25) is 0 Å². The lowest BCUT2D eigenvalue weighted by atomic mass is 10.1. The van der Waals surface area contributed by atoms with Crippen molar-refractivity contribution < 1.29 is 4.74 Å². The Labute approximate surface area is 166 Å². The molecule has 1 unspecified atom stereocenters. The molecular weight excluding hydrogens is 356 g/mol. The predicted molar refractivity (Wildman–Crippen MR) is 114 cm³/mol. The van der Waals surface area contributed by atoms with E-state index in [9.17, 15) is 0 Å². The maximum Gasteiger partial charge on any atom is 0.191 e. The number of nitrogens with one attached hydrogen (secondary N) is 2. The molecule has 1 aliphatic rings. The van der Waals surface area contributed by atoms with E-state index in [1.165, 1.54) is 10.4 Å². The third kappa shape index (κ3) is 6.34. The highest BCUT2D eigenvalue weighted by Gasteiger charge is 2.22. The fourth-order valence-electron chi connectivity index (χ4n) is 3.27. The second-order valence-corrected chi connectivity index (χ2v) is 7.58. The maximum absolute atomic E-state index is 5.54. The van der Waals surface area contributed by atoms with Gasteiger partial charge in [-0.15, -0.1) is 11.3 Å². The molecule has 1 aromatic carbocycles. The Morgan fingerprint density at radius 3 is 2.67 bits per heavy atom. The molecule has 1 aliphatic heterocycles. The molecule has 0 spiro atoms. The van der Waals surface area contributed by atoms with E-state index in [0.717, 1.165) is 58.3 Å².